The van der Waals surface area contributed by atoms with Gasteiger partial charge in [0.2, 0.25) is 0 Å². The van der Waals surface area contributed by atoms with Crippen LogP contribution in [0.5, 0.6) is 0 Å². The number of aryl methyl sites for hydroxylation is 1. The minimum atomic E-state index is 0.990. The van der Waals surface area contributed by atoms with E-state index in [2.05, 4.69) is 127 Å². The second-order valence-corrected chi connectivity index (χ2v) is 11.5. The van der Waals surface area contributed by atoms with Crippen molar-refractivity contribution in [1.29, 1.82) is 0 Å². The van der Waals surface area contributed by atoms with Gasteiger partial charge in [0.1, 0.15) is 11.3 Å². The highest BCUT2D eigenvalue weighted by atomic mass is 32.1. The first-order valence-electron chi connectivity index (χ1n) is 13.9. The molecule has 5 aromatic carbocycles. The van der Waals surface area contributed by atoms with Gasteiger partial charge < -0.3 is 9.73 Å². The Balaban J connectivity index is 1.06. The summed E-state index contributed by atoms with van der Waals surface area (Å²) in [6, 6.07) is 39.2. The molecule has 0 aliphatic heterocycles. The van der Waals surface area contributed by atoms with E-state index in [0.29, 0.717) is 0 Å². The number of hydrogen-bond acceptors (Lipinski definition) is 3. The molecule has 2 aromatic heterocycles. The van der Waals surface area contributed by atoms with Crippen LogP contribution in [0.25, 0.3) is 59.5 Å². The predicted molar refractivity (Wildman–Crippen MR) is 172 cm³/mol. The van der Waals surface area contributed by atoms with Crippen LogP contribution in [0.1, 0.15) is 24.2 Å². The third-order valence-electron chi connectivity index (χ3n) is 7.97. The zero-order valence-corrected chi connectivity index (χ0v) is 22.8. The van der Waals surface area contributed by atoms with Crippen LogP contribution in [-0.4, -0.2) is 0 Å². The summed E-state index contributed by atoms with van der Waals surface area (Å²) >= 11 is 1.87. The van der Waals surface area contributed by atoms with Gasteiger partial charge in [-0.25, -0.2) is 0 Å². The molecule has 1 N–H and O–H groups in total. The monoisotopic (exact) mass is 533 g/mol. The van der Waals surface area contributed by atoms with E-state index in [0.717, 1.165) is 53.1 Å². The first kappa shape index (κ1) is 23.3. The summed E-state index contributed by atoms with van der Waals surface area (Å²) in [6.45, 7) is 0. The molecule has 2 heterocycles. The lowest BCUT2D eigenvalue weighted by Gasteiger charge is -2.10. The summed E-state index contributed by atoms with van der Waals surface area (Å²) in [4.78, 5) is 0. The second-order valence-electron chi connectivity index (χ2n) is 10.5. The molecule has 0 saturated carbocycles. The maximum Gasteiger partial charge on any atom is 0.142 e. The van der Waals surface area contributed by atoms with Crippen molar-refractivity contribution in [1.82, 2.24) is 0 Å². The molecule has 0 bridgehead atoms. The number of anilines is 2. The molecule has 1 aliphatic carbocycles. The van der Waals surface area contributed by atoms with Crippen molar-refractivity contribution in [2.24, 2.45) is 0 Å². The topological polar surface area (TPSA) is 25.2 Å². The number of para-hydroxylation sites is 1. The number of thiophene rings is 1. The lowest BCUT2D eigenvalue weighted by atomic mass is 10.0. The normalized spacial score (nSPS) is 13.1. The molecule has 3 heteroatoms. The molecule has 8 rings (SSSR count). The molecule has 1 aliphatic rings. The number of furan rings is 1. The van der Waals surface area contributed by atoms with Gasteiger partial charge in [-0.05, 0) is 59.9 Å². The van der Waals surface area contributed by atoms with Crippen LogP contribution in [0, 0.1) is 0 Å². The van der Waals surface area contributed by atoms with Crippen LogP contribution < -0.4 is 5.32 Å². The largest absolute Gasteiger partial charge is 0.460 e. The Kier molecular flexibility index (Phi) is 5.56. The highest BCUT2D eigenvalue weighted by molar-refractivity contribution is 7.26. The van der Waals surface area contributed by atoms with E-state index in [9.17, 15) is 0 Å². The maximum absolute atomic E-state index is 6.41. The zero-order chi connectivity index (χ0) is 26.5. The minimum Gasteiger partial charge on any atom is -0.460 e. The number of benzene rings is 5. The summed E-state index contributed by atoms with van der Waals surface area (Å²) < 4.78 is 9.09. The average Bonchev–Trinajstić information content (AvgIpc) is 3.47. The fourth-order valence-electron chi connectivity index (χ4n) is 5.97. The highest BCUT2D eigenvalue weighted by Crippen LogP contribution is 2.40. The Morgan fingerprint density at radius 1 is 0.625 bits per heavy atom. The van der Waals surface area contributed by atoms with E-state index in [1.165, 1.54) is 42.2 Å². The average molecular weight is 534 g/mol. The summed E-state index contributed by atoms with van der Waals surface area (Å²) in [5.41, 5.74) is 9.20. The maximum atomic E-state index is 6.41. The molecular weight excluding hydrogens is 506 g/mol. The highest BCUT2D eigenvalue weighted by Gasteiger charge is 2.17. The van der Waals surface area contributed by atoms with Crippen molar-refractivity contribution in [3.63, 3.8) is 0 Å². The molecule has 0 fully saturated rings. The lowest BCUT2D eigenvalue weighted by Crippen LogP contribution is -1.90. The van der Waals surface area contributed by atoms with Crippen molar-refractivity contribution in [2.75, 3.05) is 5.32 Å². The third kappa shape index (κ3) is 3.93. The smallest absolute Gasteiger partial charge is 0.142 e. The van der Waals surface area contributed by atoms with Gasteiger partial charge in [0.25, 0.3) is 0 Å². The van der Waals surface area contributed by atoms with E-state index in [1.54, 1.807) is 0 Å². The Bertz CT molecular complexity index is 2040. The van der Waals surface area contributed by atoms with Gasteiger partial charge in [0.15, 0.2) is 0 Å². The van der Waals surface area contributed by atoms with Crippen LogP contribution in [0.3, 0.4) is 0 Å². The molecule has 7 aromatic rings. The molecular formula is C37H27NOS. The molecule has 0 radical (unpaired) electrons. The third-order valence-corrected chi connectivity index (χ3v) is 9.19. The van der Waals surface area contributed by atoms with Gasteiger partial charge in [0, 0.05) is 54.5 Å². The summed E-state index contributed by atoms with van der Waals surface area (Å²) in [7, 11) is 0. The predicted octanol–water partition coefficient (Wildman–Crippen LogP) is 11.2. The van der Waals surface area contributed by atoms with Crippen molar-refractivity contribution < 1.29 is 4.42 Å². The molecule has 192 valence electrons. The van der Waals surface area contributed by atoms with E-state index in [-0.39, 0.29) is 0 Å². The van der Waals surface area contributed by atoms with Crippen LogP contribution in [-0.2, 0) is 6.42 Å². The Hall–Kier alpha value is -4.60. The number of fused-ring (bicyclic) bond motifs is 6. The van der Waals surface area contributed by atoms with Crippen LogP contribution in [0.2, 0.25) is 0 Å². The lowest BCUT2D eigenvalue weighted by molar-refractivity contribution is 0.541. The Labute approximate surface area is 237 Å². The SMILES string of the molecule is C1=Cc2c(oc3c(-c4ccc(Nc5ccc(-c6cccc7c6sc6ccccc67)cc5)cc4)cccc23)CCC1. The Morgan fingerprint density at radius 2 is 1.30 bits per heavy atom. The first-order valence-corrected chi connectivity index (χ1v) is 14.7. The van der Waals surface area contributed by atoms with E-state index in [4.69, 9.17) is 4.42 Å². The number of allylic oxidation sites excluding steroid dienone is 1. The van der Waals surface area contributed by atoms with Crippen LogP contribution >= 0.6 is 11.3 Å². The molecule has 0 atom stereocenters. The Morgan fingerprint density at radius 3 is 2.10 bits per heavy atom. The fraction of sp³-hybridized carbons (Fsp3) is 0.0811. The fourth-order valence-corrected chi connectivity index (χ4v) is 7.21. The van der Waals surface area contributed by atoms with Crippen molar-refractivity contribution >= 4 is 59.9 Å². The standard InChI is InChI=1S/C37H27NOS/c1-2-8-30-32-12-6-10-28(36(32)39-34(30)14-3-1)24-16-20-26(21-17-24)38-27-22-18-25(19-23-27)29-11-7-13-33-31-9-4-5-15-35(31)40-37(29)33/h2,4-13,15-23,38H,1,3,14H2. The van der Waals surface area contributed by atoms with Gasteiger partial charge in [-0.3, -0.25) is 0 Å². The summed E-state index contributed by atoms with van der Waals surface area (Å²) in [6.07, 6.45) is 7.76. The van der Waals surface area contributed by atoms with Gasteiger partial charge in [-0.15, -0.1) is 11.3 Å². The number of hydrogen-bond donors (Lipinski definition) is 1. The molecule has 40 heavy (non-hydrogen) atoms. The summed E-state index contributed by atoms with van der Waals surface area (Å²) in [5, 5.41) is 7.45. The van der Waals surface area contributed by atoms with Crippen molar-refractivity contribution in [2.45, 2.75) is 19.3 Å². The van der Waals surface area contributed by atoms with Crippen molar-refractivity contribution in [3.8, 4) is 22.3 Å². The van der Waals surface area contributed by atoms with E-state index in [1.807, 2.05) is 11.3 Å². The number of rotatable bonds is 4. The first-order chi connectivity index (χ1) is 19.8. The van der Waals surface area contributed by atoms with Crippen LogP contribution in [0.4, 0.5) is 11.4 Å². The van der Waals surface area contributed by atoms with Crippen LogP contribution in [0.15, 0.2) is 120 Å². The van der Waals surface area contributed by atoms with Gasteiger partial charge in [-0.1, -0.05) is 91.0 Å². The van der Waals surface area contributed by atoms with Crippen molar-refractivity contribution in [3.05, 3.63) is 127 Å². The molecule has 0 unspecified atom stereocenters. The number of nitrogens with one attached hydrogen (secondary N) is 1. The van der Waals surface area contributed by atoms with Gasteiger partial charge >= 0.3 is 0 Å². The molecule has 0 amide bonds. The molecule has 2 nitrogen and oxygen atoms in total. The zero-order valence-electron chi connectivity index (χ0n) is 22.0. The minimum absolute atomic E-state index is 0.990. The quantitative estimate of drug-likeness (QED) is 0.243. The second kappa shape index (κ2) is 9.55. The van der Waals surface area contributed by atoms with E-state index >= 15 is 0 Å². The van der Waals surface area contributed by atoms with Gasteiger partial charge in [-0.2, -0.15) is 0 Å². The molecule has 0 saturated heterocycles. The summed E-state index contributed by atoms with van der Waals surface area (Å²) in [5.74, 6) is 1.11. The van der Waals surface area contributed by atoms with Gasteiger partial charge in [0.05, 0.1) is 0 Å². The van der Waals surface area contributed by atoms with E-state index < -0.39 is 0 Å². The molecule has 0 spiro atoms.